The third kappa shape index (κ3) is 4.63. The minimum atomic E-state index is -0.774. The van der Waals surface area contributed by atoms with E-state index in [-0.39, 0.29) is 24.5 Å². The first-order valence-corrected chi connectivity index (χ1v) is 7.54. The molecule has 0 spiro atoms. The Morgan fingerprint density at radius 2 is 0.964 bits per heavy atom. The fourth-order valence-corrected chi connectivity index (χ4v) is 2.26. The van der Waals surface area contributed by atoms with E-state index in [1.165, 1.54) is 12.1 Å². The Hall–Kier alpha value is -4.36. The number of rotatable bonds is 9. The monoisotopic (exact) mass is 392 g/mol. The molecule has 2 aromatic rings. The average Bonchev–Trinajstić information content (AvgIpc) is 2.64. The van der Waals surface area contributed by atoms with E-state index in [4.69, 9.17) is 0 Å². The molecule has 0 unspecified atom stereocenters. The van der Waals surface area contributed by atoms with Gasteiger partial charge in [0, 0.05) is 25.2 Å². The van der Waals surface area contributed by atoms with Crippen LogP contribution in [0.2, 0.25) is 0 Å². The molecule has 0 atom stereocenters. The molecule has 0 aromatic heterocycles. The molecule has 14 nitrogen and oxygen atoms in total. The van der Waals surface area contributed by atoms with Crippen LogP contribution in [0.1, 0.15) is 0 Å². The minimum Gasteiger partial charge on any atom is -0.378 e. The largest absolute Gasteiger partial charge is 0.378 e. The van der Waals surface area contributed by atoms with Gasteiger partial charge in [-0.05, 0) is 12.1 Å². The molecular weight excluding hydrogens is 380 g/mol. The second kappa shape index (κ2) is 8.35. The van der Waals surface area contributed by atoms with Crippen molar-refractivity contribution < 1.29 is 19.7 Å². The molecule has 0 saturated heterocycles. The van der Waals surface area contributed by atoms with Crippen LogP contribution in [0.4, 0.5) is 34.1 Å². The number of nitrogens with zero attached hydrogens (tertiary/aromatic N) is 4. The van der Waals surface area contributed by atoms with Crippen molar-refractivity contribution in [3.05, 3.63) is 76.9 Å². The molecule has 0 aliphatic rings. The van der Waals surface area contributed by atoms with Crippen LogP contribution < -0.4 is 10.6 Å². The van der Waals surface area contributed by atoms with E-state index in [2.05, 4.69) is 10.6 Å². The lowest BCUT2D eigenvalue weighted by atomic mass is 10.2. The van der Waals surface area contributed by atoms with Crippen molar-refractivity contribution in [2.45, 2.75) is 0 Å². The standard InChI is InChI=1S/C14H12N6O8/c21-17(22)9-1-3-11(13(7-9)19(25)26)15-5-6-16-12-4-2-10(18(23)24)8-14(12)20(27)28/h1-4,7-8,15-16H,5-6H2. The minimum absolute atomic E-state index is 0.0376. The van der Waals surface area contributed by atoms with Crippen molar-refractivity contribution in [2.24, 2.45) is 0 Å². The lowest BCUT2D eigenvalue weighted by molar-refractivity contribution is -0.393. The SMILES string of the molecule is O=[N+]([O-])c1ccc(NCCNc2ccc([N+](=O)[O-])cc2[N+](=O)[O-])c([N+](=O)[O-])c1. The summed E-state index contributed by atoms with van der Waals surface area (Å²) in [6.07, 6.45) is 0. The number of anilines is 2. The smallest absolute Gasteiger partial charge is 0.299 e. The van der Waals surface area contributed by atoms with Gasteiger partial charge >= 0.3 is 0 Å². The fraction of sp³-hybridized carbons (Fsp3) is 0.143. The van der Waals surface area contributed by atoms with Gasteiger partial charge in [0.05, 0.1) is 31.8 Å². The number of nitro groups is 4. The van der Waals surface area contributed by atoms with Crippen LogP contribution >= 0.6 is 0 Å². The number of benzene rings is 2. The molecule has 2 N–H and O–H groups in total. The number of nitrogens with one attached hydrogen (secondary N) is 2. The van der Waals surface area contributed by atoms with Crippen LogP contribution in [-0.2, 0) is 0 Å². The third-order valence-electron chi connectivity index (χ3n) is 3.53. The van der Waals surface area contributed by atoms with Gasteiger partial charge in [0.25, 0.3) is 22.7 Å². The topological polar surface area (TPSA) is 197 Å². The Labute approximate surface area is 155 Å². The summed E-state index contributed by atoms with van der Waals surface area (Å²) in [6, 6.07) is 6.21. The van der Waals surface area contributed by atoms with Gasteiger partial charge in [0.2, 0.25) is 0 Å². The summed E-state index contributed by atoms with van der Waals surface area (Å²) in [5.41, 5.74) is -1.77. The highest BCUT2D eigenvalue weighted by molar-refractivity contribution is 5.66. The van der Waals surface area contributed by atoms with Gasteiger partial charge in [-0.3, -0.25) is 40.5 Å². The Bertz CT molecular complexity index is 885. The lowest BCUT2D eigenvalue weighted by Crippen LogP contribution is -2.15. The van der Waals surface area contributed by atoms with E-state index in [0.29, 0.717) is 0 Å². The molecule has 2 rings (SSSR count). The zero-order valence-electron chi connectivity index (χ0n) is 13.9. The van der Waals surface area contributed by atoms with Gasteiger partial charge in [-0.25, -0.2) is 0 Å². The summed E-state index contributed by atoms with van der Waals surface area (Å²) in [5, 5.41) is 48.9. The predicted octanol–water partition coefficient (Wildman–Crippen LogP) is 2.84. The second-order valence-corrected chi connectivity index (χ2v) is 5.28. The zero-order chi connectivity index (χ0) is 20.8. The summed E-state index contributed by atoms with van der Waals surface area (Å²) in [4.78, 5) is 40.5. The Morgan fingerprint density at radius 3 is 1.25 bits per heavy atom. The summed E-state index contributed by atoms with van der Waals surface area (Å²) < 4.78 is 0. The fourth-order valence-electron chi connectivity index (χ4n) is 2.26. The Balaban J connectivity index is 2.07. The normalized spacial score (nSPS) is 10.1. The molecule has 14 heteroatoms. The molecule has 0 aliphatic heterocycles. The third-order valence-corrected chi connectivity index (χ3v) is 3.53. The van der Waals surface area contributed by atoms with Crippen LogP contribution in [0, 0.1) is 40.5 Å². The van der Waals surface area contributed by atoms with Gasteiger partial charge in [0.15, 0.2) is 0 Å². The van der Waals surface area contributed by atoms with Gasteiger partial charge < -0.3 is 10.6 Å². The van der Waals surface area contributed by atoms with Crippen molar-refractivity contribution >= 4 is 34.1 Å². The first kappa shape index (κ1) is 20.0. The highest BCUT2D eigenvalue weighted by Gasteiger charge is 2.20. The van der Waals surface area contributed by atoms with Gasteiger partial charge in [0.1, 0.15) is 11.4 Å². The maximum atomic E-state index is 11.1. The number of non-ortho nitro benzene ring substituents is 2. The highest BCUT2D eigenvalue weighted by atomic mass is 16.6. The molecule has 2 aromatic carbocycles. The summed E-state index contributed by atoms with van der Waals surface area (Å²) in [7, 11) is 0. The van der Waals surface area contributed by atoms with Crippen molar-refractivity contribution in [1.29, 1.82) is 0 Å². The molecule has 146 valence electrons. The van der Waals surface area contributed by atoms with E-state index < -0.39 is 42.4 Å². The molecule has 0 fully saturated rings. The van der Waals surface area contributed by atoms with E-state index in [9.17, 15) is 40.5 Å². The molecule has 0 radical (unpaired) electrons. The summed E-state index contributed by atoms with van der Waals surface area (Å²) >= 11 is 0. The maximum Gasteiger partial charge on any atom is 0.299 e. The Kier molecular flexibility index (Phi) is 5.95. The van der Waals surface area contributed by atoms with E-state index in [0.717, 1.165) is 24.3 Å². The molecule has 28 heavy (non-hydrogen) atoms. The van der Waals surface area contributed by atoms with E-state index in [1.54, 1.807) is 0 Å². The second-order valence-electron chi connectivity index (χ2n) is 5.28. The maximum absolute atomic E-state index is 11.1. The van der Waals surface area contributed by atoms with Gasteiger partial charge in [-0.15, -0.1) is 0 Å². The molecule has 0 aliphatic carbocycles. The first-order chi connectivity index (χ1) is 13.2. The van der Waals surface area contributed by atoms with Crippen molar-refractivity contribution in [1.82, 2.24) is 0 Å². The van der Waals surface area contributed by atoms with Crippen molar-refractivity contribution in [2.75, 3.05) is 23.7 Å². The zero-order valence-corrected chi connectivity index (χ0v) is 13.9. The molecule has 0 bridgehead atoms. The van der Waals surface area contributed by atoms with Crippen LogP contribution in [0.3, 0.4) is 0 Å². The quantitative estimate of drug-likeness (QED) is 0.363. The number of hydrogen-bond donors (Lipinski definition) is 2. The van der Waals surface area contributed by atoms with Crippen LogP contribution in [0.25, 0.3) is 0 Å². The van der Waals surface area contributed by atoms with Gasteiger partial charge in [-0.2, -0.15) is 0 Å². The van der Waals surface area contributed by atoms with Crippen LogP contribution in [0.5, 0.6) is 0 Å². The summed E-state index contributed by atoms with van der Waals surface area (Å²) in [6.45, 7) is 0.152. The number of nitro benzene ring substituents is 4. The van der Waals surface area contributed by atoms with Crippen molar-refractivity contribution in [3.8, 4) is 0 Å². The van der Waals surface area contributed by atoms with Crippen LogP contribution in [-0.4, -0.2) is 32.8 Å². The van der Waals surface area contributed by atoms with Crippen molar-refractivity contribution in [3.63, 3.8) is 0 Å². The van der Waals surface area contributed by atoms with E-state index in [1.807, 2.05) is 0 Å². The molecule has 0 amide bonds. The lowest BCUT2D eigenvalue weighted by Gasteiger charge is -2.09. The summed E-state index contributed by atoms with van der Waals surface area (Å²) in [5.74, 6) is 0. The molecule has 0 heterocycles. The van der Waals surface area contributed by atoms with E-state index >= 15 is 0 Å². The predicted molar refractivity (Wildman–Crippen MR) is 96.5 cm³/mol. The molecule has 0 saturated carbocycles. The first-order valence-electron chi connectivity index (χ1n) is 7.54. The Morgan fingerprint density at radius 1 is 0.607 bits per heavy atom. The highest BCUT2D eigenvalue weighted by Crippen LogP contribution is 2.30. The average molecular weight is 392 g/mol. The van der Waals surface area contributed by atoms with Gasteiger partial charge in [-0.1, -0.05) is 0 Å². The number of hydrogen-bond acceptors (Lipinski definition) is 10. The van der Waals surface area contributed by atoms with Crippen LogP contribution in [0.15, 0.2) is 36.4 Å². The molecular formula is C14H12N6O8.